The summed E-state index contributed by atoms with van der Waals surface area (Å²) in [6, 6.07) is 0. The van der Waals surface area contributed by atoms with Crippen molar-refractivity contribution in [2.75, 3.05) is 6.61 Å². The molecule has 12 heavy (non-hydrogen) atoms. The molecule has 0 amide bonds. The van der Waals surface area contributed by atoms with Gasteiger partial charge in [-0.05, 0) is 12.0 Å². The van der Waals surface area contributed by atoms with Crippen LogP contribution in [0.3, 0.4) is 0 Å². The summed E-state index contributed by atoms with van der Waals surface area (Å²) >= 11 is 0. The Morgan fingerprint density at radius 1 is 1.33 bits per heavy atom. The normalized spacial score (nSPS) is 19.5. The SMILES string of the molecule is C1=CC2=C(CC1)OCC2.CCC. The summed E-state index contributed by atoms with van der Waals surface area (Å²) in [5.74, 6) is 1.25. The van der Waals surface area contributed by atoms with Gasteiger partial charge in [0.05, 0.1) is 12.4 Å². The van der Waals surface area contributed by atoms with Crippen LogP contribution in [0.5, 0.6) is 0 Å². The average molecular weight is 166 g/mol. The molecule has 0 aromatic rings. The fourth-order valence-corrected chi connectivity index (χ4v) is 1.37. The van der Waals surface area contributed by atoms with Gasteiger partial charge >= 0.3 is 0 Å². The lowest BCUT2D eigenvalue weighted by Gasteiger charge is -2.05. The Morgan fingerprint density at radius 3 is 2.75 bits per heavy atom. The molecule has 0 saturated carbocycles. The quantitative estimate of drug-likeness (QED) is 0.535. The lowest BCUT2D eigenvalue weighted by Crippen LogP contribution is -1.88. The van der Waals surface area contributed by atoms with E-state index in [4.69, 9.17) is 4.74 Å². The molecule has 0 atom stereocenters. The number of rotatable bonds is 0. The molecule has 0 fully saturated rings. The van der Waals surface area contributed by atoms with Crippen LogP contribution in [-0.4, -0.2) is 6.61 Å². The Kier molecular flexibility index (Phi) is 3.92. The number of hydrogen-bond donors (Lipinski definition) is 0. The topological polar surface area (TPSA) is 9.23 Å². The van der Waals surface area contributed by atoms with E-state index in [2.05, 4.69) is 26.0 Å². The highest BCUT2D eigenvalue weighted by molar-refractivity contribution is 5.28. The van der Waals surface area contributed by atoms with Crippen LogP contribution in [0.2, 0.25) is 0 Å². The number of ether oxygens (including phenoxy) is 1. The third kappa shape index (κ3) is 2.40. The average Bonchev–Trinajstić information content (AvgIpc) is 2.52. The molecule has 0 saturated heterocycles. The van der Waals surface area contributed by atoms with Crippen LogP contribution >= 0.6 is 0 Å². The first-order chi connectivity index (χ1) is 5.88. The van der Waals surface area contributed by atoms with Crippen molar-refractivity contribution in [2.45, 2.75) is 39.5 Å². The minimum atomic E-state index is 0.912. The summed E-state index contributed by atoms with van der Waals surface area (Å²) in [7, 11) is 0. The maximum absolute atomic E-state index is 5.39. The zero-order valence-corrected chi connectivity index (χ0v) is 8.10. The van der Waals surface area contributed by atoms with Gasteiger partial charge < -0.3 is 4.74 Å². The second kappa shape index (κ2) is 5.02. The van der Waals surface area contributed by atoms with Crippen molar-refractivity contribution in [3.8, 4) is 0 Å². The van der Waals surface area contributed by atoms with Gasteiger partial charge in [0.15, 0.2) is 0 Å². The molecule has 1 heteroatoms. The minimum Gasteiger partial charge on any atom is -0.497 e. The first-order valence-corrected chi connectivity index (χ1v) is 4.89. The Balaban J connectivity index is 0.000000213. The highest BCUT2D eigenvalue weighted by Gasteiger charge is 2.14. The van der Waals surface area contributed by atoms with E-state index in [9.17, 15) is 0 Å². The predicted molar refractivity (Wildman–Crippen MR) is 51.9 cm³/mol. The van der Waals surface area contributed by atoms with E-state index >= 15 is 0 Å². The molecule has 0 radical (unpaired) electrons. The summed E-state index contributed by atoms with van der Waals surface area (Å²) in [4.78, 5) is 0. The third-order valence-corrected chi connectivity index (χ3v) is 1.86. The standard InChI is InChI=1S/C8H10O.C3H8/c1-2-4-8-7(3-1)5-6-9-8;1-3-2/h1,3H,2,4-6H2;3H2,1-2H3. The van der Waals surface area contributed by atoms with Crippen LogP contribution in [0.1, 0.15) is 39.5 Å². The molecule has 0 spiro atoms. The number of hydrogen-bond acceptors (Lipinski definition) is 1. The van der Waals surface area contributed by atoms with Gasteiger partial charge in [0, 0.05) is 12.8 Å². The van der Waals surface area contributed by atoms with Crippen molar-refractivity contribution >= 4 is 0 Å². The van der Waals surface area contributed by atoms with E-state index in [1.165, 1.54) is 24.2 Å². The first-order valence-electron chi connectivity index (χ1n) is 4.89. The van der Waals surface area contributed by atoms with Gasteiger partial charge in [0.2, 0.25) is 0 Å². The maximum atomic E-state index is 5.39. The summed E-state index contributed by atoms with van der Waals surface area (Å²) in [5.41, 5.74) is 1.43. The van der Waals surface area contributed by atoms with Gasteiger partial charge in [-0.25, -0.2) is 0 Å². The molecule has 1 aliphatic carbocycles. The summed E-state index contributed by atoms with van der Waals surface area (Å²) in [6.07, 6.45) is 9.11. The molecule has 0 unspecified atom stereocenters. The van der Waals surface area contributed by atoms with E-state index < -0.39 is 0 Å². The van der Waals surface area contributed by atoms with E-state index in [1.54, 1.807) is 0 Å². The Bertz CT molecular complexity index is 189. The van der Waals surface area contributed by atoms with Gasteiger partial charge in [-0.2, -0.15) is 0 Å². The molecule has 1 heterocycles. The highest BCUT2D eigenvalue weighted by atomic mass is 16.5. The van der Waals surface area contributed by atoms with Crippen LogP contribution in [0, 0.1) is 0 Å². The van der Waals surface area contributed by atoms with Gasteiger partial charge in [-0.3, -0.25) is 0 Å². The fraction of sp³-hybridized carbons (Fsp3) is 0.636. The molecular formula is C11H18O. The smallest absolute Gasteiger partial charge is 0.0995 e. The Hall–Kier alpha value is -0.720. The molecule has 1 nitrogen and oxygen atoms in total. The van der Waals surface area contributed by atoms with Crippen molar-refractivity contribution in [2.24, 2.45) is 0 Å². The van der Waals surface area contributed by atoms with Crippen LogP contribution in [0.25, 0.3) is 0 Å². The Morgan fingerprint density at radius 2 is 2.08 bits per heavy atom. The summed E-state index contributed by atoms with van der Waals surface area (Å²) in [6.45, 7) is 5.16. The Labute approximate surface area is 75.1 Å². The minimum absolute atomic E-state index is 0.912. The van der Waals surface area contributed by atoms with Crippen molar-refractivity contribution in [3.05, 3.63) is 23.5 Å². The molecule has 2 rings (SSSR count). The first kappa shape index (κ1) is 9.37. The van der Waals surface area contributed by atoms with Crippen molar-refractivity contribution in [3.63, 3.8) is 0 Å². The van der Waals surface area contributed by atoms with Crippen molar-refractivity contribution in [1.29, 1.82) is 0 Å². The molecule has 0 aromatic heterocycles. The van der Waals surface area contributed by atoms with E-state index in [0.717, 1.165) is 19.4 Å². The second-order valence-electron chi connectivity index (χ2n) is 3.20. The van der Waals surface area contributed by atoms with Gasteiger partial charge in [-0.1, -0.05) is 32.4 Å². The fourth-order valence-electron chi connectivity index (χ4n) is 1.37. The maximum Gasteiger partial charge on any atom is 0.0995 e. The molecule has 0 aromatic carbocycles. The van der Waals surface area contributed by atoms with Crippen molar-refractivity contribution in [1.82, 2.24) is 0 Å². The van der Waals surface area contributed by atoms with Crippen LogP contribution in [-0.2, 0) is 4.74 Å². The predicted octanol–water partition coefficient (Wildman–Crippen LogP) is 3.43. The van der Waals surface area contributed by atoms with Crippen LogP contribution in [0.15, 0.2) is 23.5 Å². The van der Waals surface area contributed by atoms with Gasteiger partial charge in [-0.15, -0.1) is 0 Å². The zero-order chi connectivity index (χ0) is 8.81. The molecule has 0 N–H and O–H groups in total. The second-order valence-corrected chi connectivity index (χ2v) is 3.20. The third-order valence-electron chi connectivity index (χ3n) is 1.86. The molecule has 68 valence electrons. The molecule has 2 aliphatic rings. The van der Waals surface area contributed by atoms with Crippen molar-refractivity contribution < 1.29 is 4.74 Å². The van der Waals surface area contributed by atoms with E-state index in [0.29, 0.717) is 0 Å². The van der Waals surface area contributed by atoms with E-state index in [1.807, 2.05) is 0 Å². The molecular weight excluding hydrogens is 148 g/mol. The molecule has 1 aliphatic heterocycles. The lowest BCUT2D eigenvalue weighted by atomic mass is 10.1. The largest absolute Gasteiger partial charge is 0.497 e. The monoisotopic (exact) mass is 166 g/mol. The number of allylic oxidation sites excluding steroid dienone is 3. The van der Waals surface area contributed by atoms with Crippen LogP contribution in [0.4, 0.5) is 0 Å². The summed E-state index contributed by atoms with van der Waals surface area (Å²) in [5, 5.41) is 0. The molecule has 0 bridgehead atoms. The zero-order valence-electron chi connectivity index (χ0n) is 8.10. The summed E-state index contributed by atoms with van der Waals surface area (Å²) < 4.78 is 5.39. The van der Waals surface area contributed by atoms with Crippen LogP contribution < -0.4 is 0 Å². The lowest BCUT2D eigenvalue weighted by molar-refractivity contribution is 0.234. The van der Waals surface area contributed by atoms with E-state index in [-0.39, 0.29) is 0 Å². The van der Waals surface area contributed by atoms with Gasteiger partial charge in [0.1, 0.15) is 0 Å². The van der Waals surface area contributed by atoms with Gasteiger partial charge in [0.25, 0.3) is 0 Å². The highest BCUT2D eigenvalue weighted by Crippen LogP contribution is 2.27.